The van der Waals surface area contributed by atoms with Gasteiger partial charge in [-0.1, -0.05) is 29.8 Å². The summed E-state index contributed by atoms with van der Waals surface area (Å²) in [5.41, 5.74) is 0.733. The second-order valence-electron chi connectivity index (χ2n) is 4.55. The number of hydrogen-bond donors (Lipinski definition) is 0. The molecule has 1 aliphatic heterocycles. The molecule has 1 amide bonds. The number of esters is 1. The Bertz CT molecular complexity index is 522. The Morgan fingerprint density at radius 2 is 1.95 bits per heavy atom. The van der Waals surface area contributed by atoms with Crippen molar-refractivity contribution in [1.29, 1.82) is 0 Å². The second-order valence-corrected chi connectivity index (χ2v) is 4.96. The largest absolute Gasteiger partial charge is 0.452 e. The van der Waals surface area contributed by atoms with E-state index in [-0.39, 0.29) is 12.5 Å². The molecule has 0 spiro atoms. The van der Waals surface area contributed by atoms with E-state index in [0.29, 0.717) is 5.02 Å². The third kappa shape index (κ3) is 4.10. The fourth-order valence-corrected chi connectivity index (χ4v) is 2.21. The molecule has 1 aromatic rings. The molecule has 5 heteroatoms. The van der Waals surface area contributed by atoms with E-state index in [0.717, 1.165) is 31.5 Å². The average Bonchev–Trinajstić information content (AvgIpc) is 2.98. The van der Waals surface area contributed by atoms with E-state index in [9.17, 15) is 9.59 Å². The summed E-state index contributed by atoms with van der Waals surface area (Å²) < 4.78 is 4.92. The smallest absolute Gasteiger partial charge is 0.331 e. The number of hydrogen-bond acceptors (Lipinski definition) is 3. The first-order valence-corrected chi connectivity index (χ1v) is 6.92. The molecule has 1 heterocycles. The van der Waals surface area contributed by atoms with Gasteiger partial charge in [-0.05, 0) is 30.5 Å². The maximum absolute atomic E-state index is 11.7. The van der Waals surface area contributed by atoms with Crippen molar-refractivity contribution in [2.24, 2.45) is 0 Å². The van der Waals surface area contributed by atoms with E-state index >= 15 is 0 Å². The summed E-state index contributed by atoms with van der Waals surface area (Å²) in [6.45, 7) is 1.31. The highest BCUT2D eigenvalue weighted by atomic mass is 35.5. The Labute approximate surface area is 123 Å². The van der Waals surface area contributed by atoms with Crippen LogP contribution in [0.5, 0.6) is 0 Å². The minimum absolute atomic E-state index is 0.137. The number of carbonyl (C=O) groups excluding carboxylic acids is 2. The Morgan fingerprint density at radius 3 is 2.65 bits per heavy atom. The number of nitrogens with zero attached hydrogens (tertiary/aromatic N) is 1. The lowest BCUT2D eigenvalue weighted by atomic mass is 10.2. The molecule has 1 saturated heterocycles. The monoisotopic (exact) mass is 293 g/mol. The first kappa shape index (κ1) is 14.6. The van der Waals surface area contributed by atoms with Gasteiger partial charge in [0, 0.05) is 24.2 Å². The van der Waals surface area contributed by atoms with Crippen LogP contribution in [0, 0.1) is 0 Å². The van der Waals surface area contributed by atoms with Gasteiger partial charge in [0.25, 0.3) is 5.91 Å². The fourth-order valence-electron chi connectivity index (χ4n) is 2.01. The summed E-state index contributed by atoms with van der Waals surface area (Å²) in [4.78, 5) is 24.9. The lowest BCUT2D eigenvalue weighted by Gasteiger charge is -2.14. The van der Waals surface area contributed by atoms with Crippen LogP contribution in [0.25, 0.3) is 6.08 Å². The molecule has 0 radical (unpaired) electrons. The van der Waals surface area contributed by atoms with Crippen molar-refractivity contribution in [1.82, 2.24) is 4.90 Å². The van der Waals surface area contributed by atoms with Crippen LogP contribution >= 0.6 is 11.6 Å². The predicted molar refractivity (Wildman–Crippen MR) is 77.3 cm³/mol. The van der Waals surface area contributed by atoms with Crippen LogP contribution in [0.3, 0.4) is 0 Å². The second kappa shape index (κ2) is 7.10. The van der Waals surface area contributed by atoms with Crippen LogP contribution < -0.4 is 0 Å². The number of ether oxygens (including phenoxy) is 1. The number of likely N-dealkylation sites (tertiary alicyclic amines) is 1. The van der Waals surface area contributed by atoms with Crippen LogP contribution in [-0.4, -0.2) is 36.5 Å². The van der Waals surface area contributed by atoms with Gasteiger partial charge < -0.3 is 9.64 Å². The maximum atomic E-state index is 11.7. The maximum Gasteiger partial charge on any atom is 0.331 e. The number of rotatable bonds is 4. The van der Waals surface area contributed by atoms with Gasteiger partial charge in [-0.15, -0.1) is 0 Å². The summed E-state index contributed by atoms with van der Waals surface area (Å²) in [5.74, 6) is -0.681. The van der Waals surface area contributed by atoms with E-state index < -0.39 is 5.97 Å². The Hall–Kier alpha value is -1.81. The highest BCUT2D eigenvalue weighted by Crippen LogP contribution is 2.16. The normalized spacial score (nSPS) is 14.8. The van der Waals surface area contributed by atoms with Gasteiger partial charge in [0.1, 0.15) is 0 Å². The molecule has 0 unspecified atom stereocenters. The van der Waals surface area contributed by atoms with Gasteiger partial charge in [0.15, 0.2) is 6.61 Å². The summed E-state index contributed by atoms with van der Waals surface area (Å²) in [7, 11) is 0. The topological polar surface area (TPSA) is 46.6 Å². The third-order valence-corrected chi connectivity index (χ3v) is 3.45. The zero-order valence-corrected chi connectivity index (χ0v) is 11.8. The number of halogens is 1. The van der Waals surface area contributed by atoms with Crippen LogP contribution in [0.2, 0.25) is 5.02 Å². The first-order chi connectivity index (χ1) is 9.66. The van der Waals surface area contributed by atoms with E-state index in [1.807, 2.05) is 12.1 Å². The number of amides is 1. The van der Waals surface area contributed by atoms with E-state index in [4.69, 9.17) is 16.3 Å². The van der Waals surface area contributed by atoms with Crippen molar-refractivity contribution < 1.29 is 14.3 Å². The lowest BCUT2D eigenvalue weighted by molar-refractivity contribution is -0.147. The van der Waals surface area contributed by atoms with Crippen LogP contribution in [0.4, 0.5) is 0 Å². The first-order valence-electron chi connectivity index (χ1n) is 6.54. The van der Waals surface area contributed by atoms with Gasteiger partial charge in [0.05, 0.1) is 0 Å². The zero-order chi connectivity index (χ0) is 14.4. The van der Waals surface area contributed by atoms with Crippen molar-refractivity contribution in [2.45, 2.75) is 12.8 Å². The third-order valence-electron chi connectivity index (χ3n) is 3.10. The molecule has 106 valence electrons. The Kier molecular flexibility index (Phi) is 5.18. The van der Waals surface area contributed by atoms with Crippen molar-refractivity contribution in [3.8, 4) is 0 Å². The molecular formula is C15H16ClNO3. The molecule has 1 aromatic carbocycles. The predicted octanol–water partition coefficient (Wildman–Crippen LogP) is 2.52. The molecule has 0 aliphatic carbocycles. The van der Waals surface area contributed by atoms with Gasteiger partial charge in [-0.25, -0.2) is 4.79 Å². The van der Waals surface area contributed by atoms with E-state index in [1.165, 1.54) is 6.08 Å². The van der Waals surface area contributed by atoms with E-state index in [1.54, 1.807) is 23.1 Å². The quantitative estimate of drug-likeness (QED) is 0.633. The molecule has 0 N–H and O–H groups in total. The van der Waals surface area contributed by atoms with Crippen molar-refractivity contribution in [3.05, 3.63) is 40.9 Å². The molecule has 1 aliphatic rings. The van der Waals surface area contributed by atoms with Crippen LogP contribution in [0.15, 0.2) is 30.3 Å². The standard InChI is InChI=1S/C15H16ClNO3/c16-13-6-2-1-5-12(13)7-8-15(19)20-11-14(18)17-9-3-4-10-17/h1-2,5-8H,3-4,9-11H2/b8-7+. The fraction of sp³-hybridized carbons (Fsp3) is 0.333. The van der Waals surface area contributed by atoms with Gasteiger partial charge in [-0.3, -0.25) is 4.79 Å². The van der Waals surface area contributed by atoms with E-state index in [2.05, 4.69) is 0 Å². The molecule has 2 rings (SSSR count). The summed E-state index contributed by atoms with van der Waals surface area (Å²) in [6, 6.07) is 7.17. The summed E-state index contributed by atoms with van der Waals surface area (Å²) >= 11 is 5.96. The highest BCUT2D eigenvalue weighted by molar-refractivity contribution is 6.32. The lowest BCUT2D eigenvalue weighted by Crippen LogP contribution is -2.31. The Morgan fingerprint density at radius 1 is 1.25 bits per heavy atom. The molecule has 1 fully saturated rings. The molecule has 20 heavy (non-hydrogen) atoms. The van der Waals surface area contributed by atoms with Crippen LogP contribution in [0.1, 0.15) is 18.4 Å². The molecule has 0 saturated carbocycles. The Balaban J connectivity index is 1.80. The summed E-state index contributed by atoms with van der Waals surface area (Å²) in [5, 5.41) is 0.560. The van der Waals surface area contributed by atoms with Crippen molar-refractivity contribution in [3.63, 3.8) is 0 Å². The minimum Gasteiger partial charge on any atom is -0.452 e. The van der Waals surface area contributed by atoms with Crippen LogP contribution in [-0.2, 0) is 14.3 Å². The van der Waals surface area contributed by atoms with Gasteiger partial charge >= 0.3 is 5.97 Å². The van der Waals surface area contributed by atoms with Crippen molar-refractivity contribution >= 4 is 29.6 Å². The highest BCUT2D eigenvalue weighted by Gasteiger charge is 2.18. The molecular weight excluding hydrogens is 278 g/mol. The summed E-state index contributed by atoms with van der Waals surface area (Å²) in [6.07, 6.45) is 4.89. The molecule has 0 bridgehead atoms. The zero-order valence-electron chi connectivity index (χ0n) is 11.0. The van der Waals surface area contributed by atoms with Gasteiger partial charge in [-0.2, -0.15) is 0 Å². The molecule has 0 aromatic heterocycles. The number of benzene rings is 1. The molecule has 0 atom stereocenters. The van der Waals surface area contributed by atoms with Gasteiger partial charge in [0.2, 0.25) is 0 Å². The minimum atomic E-state index is -0.544. The molecule has 4 nitrogen and oxygen atoms in total. The van der Waals surface area contributed by atoms with Crippen molar-refractivity contribution in [2.75, 3.05) is 19.7 Å². The SMILES string of the molecule is O=C(/C=C/c1ccccc1Cl)OCC(=O)N1CCCC1. The number of carbonyl (C=O) groups is 2. The average molecular weight is 294 g/mol.